The van der Waals surface area contributed by atoms with E-state index in [9.17, 15) is 0 Å². The molecule has 0 aliphatic heterocycles. The molecule has 0 aliphatic carbocycles. The Balaban J connectivity index is 2.17. The molecule has 2 aromatic heterocycles. The first-order valence-electron chi connectivity index (χ1n) is 8.54. The number of nitrogens with zero attached hydrogens (tertiary/aromatic N) is 4. The highest BCUT2D eigenvalue weighted by molar-refractivity contribution is 5.58. The van der Waals surface area contributed by atoms with Crippen LogP contribution in [0.3, 0.4) is 0 Å². The van der Waals surface area contributed by atoms with E-state index in [0.29, 0.717) is 0 Å². The summed E-state index contributed by atoms with van der Waals surface area (Å²) in [5, 5.41) is 6.28. The lowest BCUT2D eigenvalue weighted by Gasteiger charge is -1.92. The minimum absolute atomic E-state index is 0.0622. The fourth-order valence-electron chi connectivity index (χ4n) is 1.16. The number of aromatic nitrogens is 5. The molecule has 2 heterocycles. The van der Waals surface area contributed by atoms with Gasteiger partial charge in [-0.15, -0.1) is 0 Å². The smallest absolute Gasteiger partial charge is 0.181 e. The summed E-state index contributed by atoms with van der Waals surface area (Å²) in [4.78, 5) is 11.3. The zero-order chi connectivity index (χ0) is 18.5. The Hall–Kier alpha value is -2.56. The summed E-state index contributed by atoms with van der Waals surface area (Å²) in [5.41, 5.74) is -0.330. The Bertz CT molecular complexity index is 973. The van der Waals surface area contributed by atoms with Crippen molar-refractivity contribution < 1.29 is 11.0 Å². The molecule has 1 aromatic carbocycles. The average Bonchev–Trinajstić information content (AvgIpc) is 3.04. The molecule has 0 radical (unpaired) electrons. The van der Waals surface area contributed by atoms with Gasteiger partial charge in [0.05, 0.1) is 17.1 Å². The van der Waals surface area contributed by atoms with E-state index >= 15 is 0 Å². The van der Waals surface area contributed by atoms with E-state index in [1.165, 1.54) is 0 Å². The van der Waals surface area contributed by atoms with Crippen LogP contribution in [-0.4, -0.2) is 25.1 Å². The van der Waals surface area contributed by atoms with Crippen molar-refractivity contribution in [1.29, 1.82) is 0 Å². The third-order valence-electron chi connectivity index (χ3n) is 1.87. The molecule has 0 bridgehead atoms. The monoisotopic (exact) mass is 231 g/mol. The van der Waals surface area contributed by atoms with Gasteiger partial charge >= 0.3 is 0 Å². The van der Waals surface area contributed by atoms with Crippen LogP contribution in [0.15, 0.2) is 48.7 Å². The van der Waals surface area contributed by atoms with Gasteiger partial charge in [0.25, 0.3) is 0 Å². The Morgan fingerprint density at radius 1 is 1.12 bits per heavy atom. The Labute approximate surface area is 109 Å². The average molecular weight is 231 g/mol. The van der Waals surface area contributed by atoms with Crippen LogP contribution in [0.25, 0.3) is 22.9 Å². The van der Waals surface area contributed by atoms with Crippen LogP contribution in [0.4, 0.5) is 0 Å². The lowest BCUT2D eigenvalue weighted by atomic mass is 10.2. The van der Waals surface area contributed by atoms with Gasteiger partial charge in [0, 0.05) is 17.9 Å². The Kier molecular flexibility index (Phi) is 1.06. The zero-order valence-electron chi connectivity index (χ0n) is 16.3. The highest BCUT2D eigenvalue weighted by atomic mass is 15.2. The van der Waals surface area contributed by atoms with Crippen molar-refractivity contribution in [2.24, 2.45) is 0 Å². The normalized spacial score (nSPS) is 16.9. The molecule has 0 saturated carbocycles. The van der Waals surface area contributed by atoms with Gasteiger partial charge in [-0.2, -0.15) is 5.10 Å². The maximum Gasteiger partial charge on any atom is 0.181 e. The number of hydrogen-bond donors (Lipinski definition) is 1. The predicted octanol–water partition coefficient (Wildman–Crippen LogP) is 1.93. The van der Waals surface area contributed by atoms with Crippen LogP contribution in [0, 0.1) is 0 Å². The summed E-state index contributed by atoms with van der Waals surface area (Å²) in [6.45, 7) is 0. The maximum absolute atomic E-state index is 7.90. The summed E-state index contributed by atoms with van der Waals surface area (Å²) in [6, 6.07) is -2.49. The van der Waals surface area contributed by atoms with Crippen molar-refractivity contribution in [3.8, 4) is 22.9 Å². The number of rotatable bonds is 2. The largest absolute Gasteiger partial charge is 0.261 e. The maximum atomic E-state index is 7.90. The fourth-order valence-corrected chi connectivity index (χ4v) is 1.16. The Morgan fingerprint density at radius 3 is 2.88 bits per heavy atom. The van der Waals surface area contributed by atoms with E-state index in [1.807, 2.05) is 0 Å². The SMILES string of the molecule is [2H]c1nc([2H])c(-c2nc(-c3c([2H])c([2H])c([2H])c([2H])c3[2H])n[nH]2)nc1[2H]. The van der Waals surface area contributed by atoms with Gasteiger partial charge in [0.1, 0.15) is 5.69 Å². The van der Waals surface area contributed by atoms with Gasteiger partial charge in [0.2, 0.25) is 0 Å². The molecule has 0 unspecified atom stereocenters. The van der Waals surface area contributed by atoms with E-state index in [4.69, 9.17) is 11.0 Å². The first-order chi connectivity index (χ1) is 11.7. The van der Waals surface area contributed by atoms with E-state index in [-0.39, 0.29) is 22.9 Å². The van der Waals surface area contributed by atoms with Crippen molar-refractivity contribution in [3.63, 3.8) is 0 Å². The predicted molar refractivity (Wildman–Crippen MR) is 62.8 cm³/mol. The Morgan fingerprint density at radius 2 is 2.00 bits per heavy atom. The number of aromatic amines is 1. The van der Waals surface area contributed by atoms with E-state index in [0.717, 1.165) is 0 Å². The molecular weight excluding hydrogens is 214 g/mol. The first-order valence-corrected chi connectivity index (χ1v) is 4.54. The summed E-state index contributed by atoms with van der Waals surface area (Å²) in [5.74, 6) is -0.234. The summed E-state index contributed by atoms with van der Waals surface area (Å²) in [7, 11) is 0. The van der Waals surface area contributed by atoms with Crippen LogP contribution >= 0.6 is 0 Å². The highest BCUT2D eigenvalue weighted by Gasteiger charge is 2.07. The minimum atomic E-state index is -0.529. The summed E-state index contributed by atoms with van der Waals surface area (Å²) >= 11 is 0. The van der Waals surface area contributed by atoms with Gasteiger partial charge in [0.15, 0.2) is 11.6 Å². The number of H-pyrrole nitrogens is 1. The molecule has 0 spiro atoms. The molecular formula is C12H9N5. The molecule has 0 fully saturated rings. The zero-order valence-corrected chi connectivity index (χ0v) is 8.29. The number of hydrogen-bond acceptors (Lipinski definition) is 4. The lowest BCUT2D eigenvalue weighted by Crippen LogP contribution is -1.86. The summed E-state index contributed by atoms with van der Waals surface area (Å²) in [6.07, 6.45) is -1.31. The topological polar surface area (TPSA) is 67.3 Å². The van der Waals surface area contributed by atoms with Crippen LogP contribution in [0.5, 0.6) is 0 Å². The van der Waals surface area contributed by atoms with Crippen LogP contribution < -0.4 is 0 Å². The molecule has 0 aliphatic rings. The van der Waals surface area contributed by atoms with Crippen molar-refractivity contribution >= 4 is 0 Å². The van der Waals surface area contributed by atoms with Crippen LogP contribution in [-0.2, 0) is 0 Å². The third kappa shape index (κ3) is 1.90. The van der Waals surface area contributed by atoms with Gasteiger partial charge in [-0.3, -0.25) is 10.1 Å². The van der Waals surface area contributed by atoms with E-state index < -0.39 is 48.7 Å². The van der Waals surface area contributed by atoms with Gasteiger partial charge < -0.3 is 0 Å². The molecule has 3 rings (SSSR count). The first kappa shape index (κ1) is 4.37. The van der Waals surface area contributed by atoms with Crippen molar-refractivity contribution in [2.75, 3.05) is 0 Å². The third-order valence-corrected chi connectivity index (χ3v) is 1.87. The van der Waals surface area contributed by atoms with E-state index in [1.54, 1.807) is 0 Å². The molecule has 0 saturated heterocycles. The van der Waals surface area contributed by atoms with Crippen molar-refractivity contribution in [2.45, 2.75) is 0 Å². The molecule has 3 aromatic rings. The fraction of sp³-hybridized carbons (Fsp3) is 0. The molecule has 5 heteroatoms. The second-order valence-electron chi connectivity index (χ2n) is 2.92. The molecule has 17 heavy (non-hydrogen) atoms. The lowest BCUT2D eigenvalue weighted by molar-refractivity contribution is 1.08. The quantitative estimate of drug-likeness (QED) is 0.731. The number of nitrogens with one attached hydrogen (secondary N) is 1. The summed E-state index contributed by atoms with van der Waals surface area (Å²) < 4.78 is 61.3. The molecule has 0 amide bonds. The molecule has 82 valence electrons. The van der Waals surface area contributed by atoms with Crippen molar-refractivity contribution in [1.82, 2.24) is 25.1 Å². The number of benzene rings is 1. The van der Waals surface area contributed by atoms with Gasteiger partial charge in [-0.1, -0.05) is 30.2 Å². The van der Waals surface area contributed by atoms with Crippen LogP contribution in [0.1, 0.15) is 11.0 Å². The minimum Gasteiger partial charge on any atom is -0.261 e. The molecule has 1 N–H and O–H groups in total. The van der Waals surface area contributed by atoms with Crippen molar-refractivity contribution in [3.05, 3.63) is 48.7 Å². The second-order valence-corrected chi connectivity index (χ2v) is 2.92. The van der Waals surface area contributed by atoms with E-state index in [2.05, 4.69) is 25.1 Å². The van der Waals surface area contributed by atoms with Gasteiger partial charge in [-0.25, -0.2) is 9.97 Å². The highest BCUT2D eigenvalue weighted by Crippen LogP contribution is 2.17. The second kappa shape index (κ2) is 4.13. The standard InChI is InChI=1S/C12H9N5/c1-2-4-9(5-3-1)11-15-12(17-16-11)10-8-13-6-7-14-10/h1-8H,(H,15,16,17)/i1D,2D,3D,4D,5D,6D,7D,8D. The van der Waals surface area contributed by atoms with Crippen LogP contribution in [0.2, 0.25) is 0 Å². The molecule has 0 atom stereocenters. The van der Waals surface area contributed by atoms with Gasteiger partial charge in [-0.05, 0) is 0 Å². The molecule has 5 nitrogen and oxygen atoms in total.